The molecule has 1 aliphatic rings. The summed E-state index contributed by atoms with van der Waals surface area (Å²) in [5.41, 5.74) is 16.0. The summed E-state index contributed by atoms with van der Waals surface area (Å²) < 4.78 is 0. The van der Waals surface area contributed by atoms with Gasteiger partial charge in [0.15, 0.2) is 5.71 Å². The van der Waals surface area contributed by atoms with Gasteiger partial charge in [-0.15, -0.1) is 0 Å². The smallest absolute Gasteiger partial charge is 0.402 e. The molecule has 0 spiro atoms. The lowest BCUT2D eigenvalue weighted by Crippen LogP contribution is -2.33. The van der Waals surface area contributed by atoms with E-state index in [1.807, 2.05) is 30.3 Å². The van der Waals surface area contributed by atoms with Crippen LogP contribution >= 0.6 is 0 Å². The van der Waals surface area contributed by atoms with Gasteiger partial charge in [-0.1, -0.05) is 35.1 Å². The summed E-state index contributed by atoms with van der Waals surface area (Å²) in [5.74, 6) is 0.281. The molecule has 0 radical (unpaired) electrons. The highest BCUT2D eigenvalue weighted by atomic mass is 15.0. The third kappa shape index (κ3) is 3.09. The average Bonchev–Trinajstić information content (AvgIpc) is 2.86. The molecule has 0 saturated heterocycles. The zero-order chi connectivity index (χ0) is 13.7. The Balaban J connectivity index is 2.04. The van der Waals surface area contributed by atoms with Crippen LogP contribution in [0, 0.1) is 10.9 Å². The van der Waals surface area contributed by atoms with Crippen molar-refractivity contribution in [3.8, 4) is 0 Å². The first-order valence-electron chi connectivity index (χ1n) is 6.31. The van der Waals surface area contributed by atoms with E-state index in [-0.39, 0.29) is 11.5 Å². The average molecular weight is 256 g/mol. The first-order valence-corrected chi connectivity index (χ1v) is 6.31. The Labute approximate surface area is 112 Å². The van der Waals surface area contributed by atoms with Crippen LogP contribution < -0.4 is 11.1 Å². The Bertz CT molecular complexity index is 552. The molecular weight excluding hydrogens is 238 g/mol. The van der Waals surface area contributed by atoms with Crippen LogP contribution in [0.15, 0.2) is 41.6 Å². The van der Waals surface area contributed by atoms with Crippen molar-refractivity contribution in [1.82, 2.24) is 5.32 Å². The molecule has 0 saturated carbocycles. The van der Waals surface area contributed by atoms with Crippen LogP contribution in [0.25, 0.3) is 0 Å². The second-order valence-electron chi connectivity index (χ2n) is 4.53. The summed E-state index contributed by atoms with van der Waals surface area (Å²) in [6, 6.07) is 9.84. The lowest BCUT2D eigenvalue weighted by molar-refractivity contribution is -0.120. The summed E-state index contributed by atoms with van der Waals surface area (Å²) >= 11 is 0. The van der Waals surface area contributed by atoms with E-state index in [1.165, 1.54) is 0 Å². The highest BCUT2D eigenvalue weighted by molar-refractivity contribution is 6.44. The van der Waals surface area contributed by atoms with Crippen LogP contribution in [0.2, 0.25) is 0 Å². The van der Waals surface area contributed by atoms with Crippen LogP contribution in [-0.4, -0.2) is 16.3 Å². The SMILES string of the molecule is N=[N+]=C(NCc1ccccc1)C(=N)C1=C(N)CCC1. The van der Waals surface area contributed by atoms with E-state index >= 15 is 0 Å². The maximum absolute atomic E-state index is 8.09. The molecule has 5 N–H and O–H groups in total. The van der Waals surface area contributed by atoms with E-state index in [0.717, 1.165) is 36.1 Å². The number of hydrogen-bond acceptors (Lipinski definition) is 3. The normalized spacial score (nSPS) is 14.1. The fourth-order valence-corrected chi connectivity index (χ4v) is 2.16. The van der Waals surface area contributed by atoms with Gasteiger partial charge in [0.05, 0.1) is 0 Å². The molecule has 1 aromatic rings. The summed E-state index contributed by atoms with van der Waals surface area (Å²) in [5, 5.41) is 11.1. The Morgan fingerprint density at radius 2 is 2.00 bits per heavy atom. The van der Waals surface area contributed by atoms with Crippen molar-refractivity contribution >= 4 is 11.5 Å². The van der Waals surface area contributed by atoms with Crippen molar-refractivity contribution in [3.63, 3.8) is 0 Å². The molecular formula is C14H18N5+. The molecule has 5 heteroatoms. The minimum atomic E-state index is 0.251. The highest BCUT2D eigenvalue weighted by Crippen LogP contribution is 2.22. The molecule has 0 atom stereocenters. The molecule has 0 aromatic heterocycles. The van der Waals surface area contributed by atoms with E-state index in [1.54, 1.807) is 0 Å². The predicted octanol–water partition coefficient (Wildman–Crippen LogP) is 1.83. The van der Waals surface area contributed by atoms with Gasteiger partial charge in [0, 0.05) is 11.3 Å². The molecule has 0 aliphatic heterocycles. The van der Waals surface area contributed by atoms with Crippen molar-refractivity contribution in [2.45, 2.75) is 25.8 Å². The van der Waals surface area contributed by atoms with Gasteiger partial charge in [0.2, 0.25) is 0 Å². The molecule has 0 bridgehead atoms. The number of rotatable bonds is 4. The van der Waals surface area contributed by atoms with Gasteiger partial charge in [-0.25, -0.2) is 0 Å². The first-order chi connectivity index (χ1) is 9.22. The van der Waals surface area contributed by atoms with Crippen molar-refractivity contribution in [2.75, 3.05) is 0 Å². The second kappa shape index (κ2) is 5.98. The maximum Gasteiger partial charge on any atom is 0.424 e. The van der Waals surface area contributed by atoms with Crippen molar-refractivity contribution in [1.29, 1.82) is 10.9 Å². The van der Waals surface area contributed by atoms with Crippen LogP contribution in [0.5, 0.6) is 0 Å². The summed E-state index contributed by atoms with van der Waals surface area (Å²) in [7, 11) is 0. The van der Waals surface area contributed by atoms with Gasteiger partial charge in [0.25, 0.3) is 0 Å². The molecule has 19 heavy (non-hydrogen) atoms. The minimum absolute atomic E-state index is 0.251. The van der Waals surface area contributed by atoms with Crippen molar-refractivity contribution < 1.29 is 4.79 Å². The Morgan fingerprint density at radius 1 is 1.26 bits per heavy atom. The van der Waals surface area contributed by atoms with Crippen molar-refractivity contribution in [2.24, 2.45) is 5.73 Å². The topological polar surface area (TPSA) is 99.9 Å². The fraction of sp³-hybridized carbons (Fsp3) is 0.286. The Hall–Kier alpha value is -2.39. The second-order valence-corrected chi connectivity index (χ2v) is 4.53. The lowest BCUT2D eigenvalue weighted by Gasteiger charge is -2.03. The van der Waals surface area contributed by atoms with Crippen LogP contribution in [0.3, 0.4) is 0 Å². The maximum atomic E-state index is 8.09. The number of hydrogen-bond donors (Lipinski definition) is 4. The van der Waals surface area contributed by atoms with Crippen LogP contribution in [0.4, 0.5) is 0 Å². The number of nitrogens with zero attached hydrogens (tertiary/aromatic N) is 1. The monoisotopic (exact) mass is 256 g/mol. The highest BCUT2D eigenvalue weighted by Gasteiger charge is 2.25. The largest absolute Gasteiger partial charge is 0.424 e. The third-order valence-electron chi connectivity index (χ3n) is 3.21. The molecule has 0 unspecified atom stereocenters. The van der Waals surface area contributed by atoms with Gasteiger partial charge in [-0.3, -0.25) is 10.7 Å². The van der Waals surface area contributed by atoms with E-state index in [4.69, 9.17) is 16.7 Å². The molecule has 5 nitrogen and oxygen atoms in total. The predicted molar refractivity (Wildman–Crippen MR) is 74.1 cm³/mol. The quantitative estimate of drug-likeness (QED) is 0.286. The van der Waals surface area contributed by atoms with E-state index < -0.39 is 0 Å². The third-order valence-corrected chi connectivity index (χ3v) is 3.21. The fourth-order valence-electron chi connectivity index (χ4n) is 2.16. The van der Waals surface area contributed by atoms with Gasteiger partial charge < -0.3 is 5.73 Å². The number of benzene rings is 1. The number of nitrogens with two attached hydrogens (primary N) is 1. The molecule has 0 amide bonds. The van der Waals surface area contributed by atoms with Crippen LogP contribution in [0.1, 0.15) is 24.8 Å². The molecule has 1 aromatic carbocycles. The molecule has 0 heterocycles. The molecule has 98 valence electrons. The number of nitrogens with one attached hydrogen (secondary N) is 3. The standard InChI is InChI=1S/C14H17N5/c15-12-8-4-7-11(12)13(16)14(19-17)18-9-10-5-2-1-3-6-10/h1-3,5-6,17H,4,7-9H2,(H3,15,16)/p+1. The summed E-state index contributed by atoms with van der Waals surface area (Å²) in [4.78, 5) is 3.42. The van der Waals surface area contributed by atoms with E-state index in [9.17, 15) is 0 Å². The molecule has 1 aliphatic carbocycles. The van der Waals surface area contributed by atoms with Gasteiger partial charge in [0.1, 0.15) is 6.54 Å². The van der Waals surface area contributed by atoms with E-state index in [2.05, 4.69) is 10.1 Å². The minimum Gasteiger partial charge on any atom is -0.402 e. The first kappa shape index (κ1) is 13.1. The number of amidine groups is 1. The summed E-state index contributed by atoms with van der Waals surface area (Å²) in [6.07, 6.45) is 2.62. The zero-order valence-corrected chi connectivity index (χ0v) is 10.7. The van der Waals surface area contributed by atoms with Gasteiger partial charge in [-0.05, 0) is 30.4 Å². The van der Waals surface area contributed by atoms with Crippen LogP contribution in [-0.2, 0) is 6.54 Å². The van der Waals surface area contributed by atoms with Gasteiger partial charge in [-0.2, -0.15) is 0 Å². The molecule has 2 rings (SSSR count). The van der Waals surface area contributed by atoms with Crippen molar-refractivity contribution in [3.05, 3.63) is 47.2 Å². The molecule has 0 fully saturated rings. The van der Waals surface area contributed by atoms with Gasteiger partial charge >= 0.3 is 5.84 Å². The Morgan fingerprint density at radius 3 is 2.58 bits per heavy atom. The van der Waals surface area contributed by atoms with E-state index in [0.29, 0.717) is 6.54 Å². The number of allylic oxidation sites excluding steroid dienone is 1. The summed E-state index contributed by atoms with van der Waals surface area (Å²) in [6.45, 7) is 0.550. The lowest BCUT2D eigenvalue weighted by atomic mass is 10.1. The Kier molecular flexibility index (Phi) is 4.11. The zero-order valence-electron chi connectivity index (χ0n) is 10.7.